The monoisotopic (exact) mass is 302 g/mol. The van der Waals surface area contributed by atoms with E-state index in [9.17, 15) is 4.79 Å². The molecule has 6 heteroatoms. The van der Waals surface area contributed by atoms with Crippen LogP contribution in [-0.2, 0) is 4.79 Å². The molecule has 1 aromatic carbocycles. The minimum Gasteiger partial charge on any atom is -0.397 e. The van der Waals surface area contributed by atoms with E-state index in [2.05, 4.69) is 15.3 Å². The molecule has 0 aliphatic rings. The molecular weight excluding hydrogens is 284 g/mol. The van der Waals surface area contributed by atoms with Gasteiger partial charge in [0.1, 0.15) is 0 Å². The van der Waals surface area contributed by atoms with Crippen molar-refractivity contribution in [3.8, 4) is 0 Å². The van der Waals surface area contributed by atoms with Gasteiger partial charge in [-0.1, -0.05) is 23.9 Å². The fourth-order valence-corrected chi connectivity index (χ4v) is 2.67. The van der Waals surface area contributed by atoms with Gasteiger partial charge >= 0.3 is 0 Å². The number of anilines is 2. The minimum atomic E-state index is -0.122. The maximum absolute atomic E-state index is 12.0. The molecule has 2 rings (SSSR count). The lowest BCUT2D eigenvalue weighted by atomic mass is 10.1. The Morgan fingerprint density at radius 2 is 1.90 bits per heavy atom. The number of carbonyl (C=O) groups excluding carboxylic acids is 1. The van der Waals surface area contributed by atoms with Gasteiger partial charge in [0.2, 0.25) is 5.91 Å². The molecule has 0 radical (unpaired) electrons. The summed E-state index contributed by atoms with van der Waals surface area (Å²) in [5.41, 5.74) is 9.84. The van der Waals surface area contributed by atoms with E-state index in [1.807, 2.05) is 39.0 Å². The Kier molecular flexibility index (Phi) is 4.80. The first kappa shape index (κ1) is 15.3. The number of aryl methyl sites for hydroxylation is 3. The van der Waals surface area contributed by atoms with E-state index in [-0.39, 0.29) is 11.7 Å². The quantitative estimate of drug-likeness (QED) is 0.515. The van der Waals surface area contributed by atoms with Crippen molar-refractivity contribution >= 4 is 29.0 Å². The van der Waals surface area contributed by atoms with Crippen molar-refractivity contribution in [1.82, 2.24) is 9.97 Å². The number of hydrogen-bond acceptors (Lipinski definition) is 5. The van der Waals surface area contributed by atoms with Gasteiger partial charge in [0.25, 0.3) is 0 Å². The van der Waals surface area contributed by atoms with Gasteiger partial charge in [0.15, 0.2) is 5.16 Å². The van der Waals surface area contributed by atoms with Gasteiger partial charge < -0.3 is 11.1 Å². The van der Waals surface area contributed by atoms with Crippen LogP contribution in [0.5, 0.6) is 0 Å². The summed E-state index contributed by atoms with van der Waals surface area (Å²) in [5.74, 6) is 0.125. The van der Waals surface area contributed by atoms with E-state index in [1.54, 1.807) is 6.07 Å². The van der Waals surface area contributed by atoms with E-state index in [0.29, 0.717) is 16.5 Å². The average molecular weight is 302 g/mol. The van der Waals surface area contributed by atoms with Crippen molar-refractivity contribution in [3.05, 3.63) is 41.2 Å². The SMILES string of the molecule is Cc1cc(C)nc(SCC(=O)Nc2c(C)cccc2N)n1. The second kappa shape index (κ2) is 6.58. The van der Waals surface area contributed by atoms with Crippen LogP contribution < -0.4 is 11.1 Å². The molecule has 1 amide bonds. The summed E-state index contributed by atoms with van der Waals surface area (Å²) in [7, 11) is 0. The number of benzene rings is 1. The number of rotatable bonds is 4. The number of nitrogen functional groups attached to an aromatic ring is 1. The molecule has 1 heterocycles. The lowest BCUT2D eigenvalue weighted by Crippen LogP contribution is -2.16. The molecule has 1 aromatic heterocycles. The predicted molar refractivity (Wildman–Crippen MR) is 86.5 cm³/mol. The number of carbonyl (C=O) groups is 1. The molecule has 0 aliphatic carbocycles. The van der Waals surface area contributed by atoms with Crippen LogP contribution in [0.15, 0.2) is 29.4 Å². The lowest BCUT2D eigenvalue weighted by molar-refractivity contribution is -0.113. The van der Waals surface area contributed by atoms with Gasteiger partial charge in [-0.3, -0.25) is 4.79 Å². The maximum atomic E-state index is 12.0. The zero-order valence-electron chi connectivity index (χ0n) is 12.3. The van der Waals surface area contributed by atoms with Gasteiger partial charge in [-0.2, -0.15) is 0 Å². The third-order valence-corrected chi connectivity index (χ3v) is 3.71. The topological polar surface area (TPSA) is 80.9 Å². The molecule has 0 saturated heterocycles. The van der Waals surface area contributed by atoms with Crippen LogP contribution >= 0.6 is 11.8 Å². The Morgan fingerprint density at radius 1 is 1.24 bits per heavy atom. The molecule has 2 aromatic rings. The highest BCUT2D eigenvalue weighted by atomic mass is 32.2. The highest BCUT2D eigenvalue weighted by molar-refractivity contribution is 7.99. The summed E-state index contributed by atoms with van der Waals surface area (Å²) >= 11 is 1.31. The first-order valence-electron chi connectivity index (χ1n) is 6.55. The molecule has 0 bridgehead atoms. The Hall–Kier alpha value is -2.08. The minimum absolute atomic E-state index is 0.122. The second-order valence-corrected chi connectivity index (χ2v) is 5.75. The van der Waals surface area contributed by atoms with Crippen LogP contribution in [0.2, 0.25) is 0 Å². The van der Waals surface area contributed by atoms with Gasteiger partial charge in [-0.15, -0.1) is 0 Å². The van der Waals surface area contributed by atoms with E-state index >= 15 is 0 Å². The van der Waals surface area contributed by atoms with Crippen molar-refractivity contribution in [2.24, 2.45) is 0 Å². The predicted octanol–water partition coefficient (Wildman–Crippen LogP) is 2.71. The third kappa shape index (κ3) is 4.19. The summed E-state index contributed by atoms with van der Waals surface area (Å²) in [4.78, 5) is 20.6. The van der Waals surface area contributed by atoms with E-state index in [1.165, 1.54) is 11.8 Å². The number of nitrogens with two attached hydrogens (primary N) is 1. The fourth-order valence-electron chi connectivity index (χ4n) is 1.92. The number of para-hydroxylation sites is 1. The van der Waals surface area contributed by atoms with Gasteiger partial charge in [-0.25, -0.2) is 9.97 Å². The van der Waals surface area contributed by atoms with Crippen molar-refractivity contribution < 1.29 is 4.79 Å². The third-order valence-electron chi connectivity index (χ3n) is 2.86. The Bertz CT molecular complexity index is 632. The highest BCUT2D eigenvalue weighted by Crippen LogP contribution is 2.23. The number of thioether (sulfide) groups is 1. The number of amides is 1. The van der Waals surface area contributed by atoms with E-state index < -0.39 is 0 Å². The smallest absolute Gasteiger partial charge is 0.234 e. The zero-order chi connectivity index (χ0) is 15.4. The van der Waals surface area contributed by atoms with Crippen LogP contribution in [0.25, 0.3) is 0 Å². The lowest BCUT2D eigenvalue weighted by Gasteiger charge is -2.10. The average Bonchev–Trinajstić information content (AvgIpc) is 2.40. The molecule has 21 heavy (non-hydrogen) atoms. The number of nitrogens with zero attached hydrogens (tertiary/aromatic N) is 2. The fraction of sp³-hybridized carbons (Fsp3) is 0.267. The largest absolute Gasteiger partial charge is 0.397 e. The Labute approximate surface area is 128 Å². The van der Waals surface area contributed by atoms with E-state index in [4.69, 9.17) is 5.73 Å². The number of nitrogens with one attached hydrogen (secondary N) is 1. The normalized spacial score (nSPS) is 10.4. The summed E-state index contributed by atoms with van der Waals surface area (Å²) in [6.45, 7) is 5.73. The molecule has 0 atom stereocenters. The molecule has 0 spiro atoms. The molecule has 110 valence electrons. The van der Waals surface area contributed by atoms with Gasteiger partial charge in [0.05, 0.1) is 17.1 Å². The van der Waals surface area contributed by atoms with Crippen molar-refractivity contribution in [2.75, 3.05) is 16.8 Å². The molecule has 0 fully saturated rings. The highest BCUT2D eigenvalue weighted by Gasteiger charge is 2.09. The van der Waals surface area contributed by atoms with Crippen LogP contribution in [0.4, 0.5) is 11.4 Å². The molecule has 0 saturated carbocycles. The number of hydrogen-bond donors (Lipinski definition) is 2. The number of aromatic nitrogens is 2. The van der Waals surface area contributed by atoms with Gasteiger partial charge in [-0.05, 0) is 38.5 Å². The van der Waals surface area contributed by atoms with Crippen LogP contribution in [0, 0.1) is 20.8 Å². The van der Waals surface area contributed by atoms with Crippen LogP contribution in [0.1, 0.15) is 17.0 Å². The van der Waals surface area contributed by atoms with Crippen molar-refractivity contribution in [2.45, 2.75) is 25.9 Å². The van der Waals surface area contributed by atoms with Crippen molar-refractivity contribution in [3.63, 3.8) is 0 Å². The standard InChI is InChI=1S/C15H18N4OS/c1-9-5-4-6-12(16)14(9)19-13(20)8-21-15-17-10(2)7-11(3)18-15/h4-7H,8,16H2,1-3H3,(H,19,20). The van der Waals surface area contributed by atoms with Crippen molar-refractivity contribution in [1.29, 1.82) is 0 Å². The van der Waals surface area contributed by atoms with E-state index in [0.717, 1.165) is 17.0 Å². The van der Waals surface area contributed by atoms with Gasteiger partial charge in [0, 0.05) is 11.4 Å². The molecule has 3 N–H and O–H groups in total. The summed E-state index contributed by atoms with van der Waals surface area (Å²) in [6, 6.07) is 7.44. The zero-order valence-corrected chi connectivity index (χ0v) is 13.1. The summed E-state index contributed by atoms with van der Waals surface area (Å²) in [5, 5.41) is 3.45. The second-order valence-electron chi connectivity index (χ2n) is 4.81. The van der Waals surface area contributed by atoms with Crippen LogP contribution in [-0.4, -0.2) is 21.6 Å². The summed E-state index contributed by atoms with van der Waals surface area (Å²) < 4.78 is 0. The maximum Gasteiger partial charge on any atom is 0.234 e. The molecular formula is C15H18N4OS. The first-order chi connectivity index (χ1) is 9.95. The Balaban J connectivity index is 1.99. The first-order valence-corrected chi connectivity index (χ1v) is 7.54. The summed E-state index contributed by atoms with van der Waals surface area (Å²) in [6.07, 6.45) is 0. The Morgan fingerprint density at radius 3 is 2.52 bits per heavy atom. The molecule has 5 nitrogen and oxygen atoms in total. The van der Waals surface area contributed by atoms with Crippen LogP contribution in [0.3, 0.4) is 0 Å². The molecule has 0 unspecified atom stereocenters. The molecule has 0 aliphatic heterocycles.